The van der Waals surface area contributed by atoms with Crippen LogP contribution in [0.25, 0.3) is 0 Å². The number of nitrogens with zero attached hydrogens (tertiary/aromatic N) is 4. The number of fused-ring (bicyclic) bond motifs is 1. The van der Waals surface area contributed by atoms with Crippen molar-refractivity contribution < 1.29 is 9.13 Å². The molecule has 3 unspecified atom stereocenters. The van der Waals surface area contributed by atoms with Gasteiger partial charge in [0.25, 0.3) is 6.02 Å². The molecule has 0 aliphatic carbocycles. The van der Waals surface area contributed by atoms with E-state index in [1.807, 2.05) is 6.92 Å². The summed E-state index contributed by atoms with van der Waals surface area (Å²) < 4.78 is 20.9. The summed E-state index contributed by atoms with van der Waals surface area (Å²) in [6.45, 7) is 6.64. The van der Waals surface area contributed by atoms with E-state index in [0.717, 1.165) is 25.3 Å². The quantitative estimate of drug-likeness (QED) is 0.863. The summed E-state index contributed by atoms with van der Waals surface area (Å²) in [6, 6.07) is 0.230. The lowest BCUT2D eigenvalue weighted by molar-refractivity contribution is 0.174. The van der Waals surface area contributed by atoms with Crippen LogP contribution >= 0.6 is 0 Å². The highest BCUT2D eigenvalue weighted by Crippen LogP contribution is 2.30. The number of hydrogen-bond acceptors (Lipinski definition) is 6. The van der Waals surface area contributed by atoms with Crippen molar-refractivity contribution >= 4 is 11.8 Å². The van der Waals surface area contributed by atoms with Gasteiger partial charge in [-0.25, -0.2) is 9.37 Å². The SMILES string of the molecule is COC1=Nc2c(ncn2C(C)C(C)F)CN1C1CNCCN1. The van der Waals surface area contributed by atoms with Crippen molar-refractivity contribution in [1.82, 2.24) is 25.1 Å². The minimum absolute atomic E-state index is 0.114. The molecule has 0 saturated carbocycles. The number of piperazine rings is 1. The molecule has 3 rings (SSSR count). The molecule has 7 nitrogen and oxygen atoms in total. The van der Waals surface area contributed by atoms with E-state index in [9.17, 15) is 4.39 Å². The van der Waals surface area contributed by atoms with Crippen LogP contribution in [0.15, 0.2) is 11.3 Å². The maximum atomic E-state index is 13.6. The maximum absolute atomic E-state index is 13.6. The van der Waals surface area contributed by atoms with Gasteiger partial charge in [0.1, 0.15) is 11.9 Å². The van der Waals surface area contributed by atoms with Crippen LogP contribution < -0.4 is 10.6 Å². The van der Waals surface area contributed by atoms with Crippen LogP contribution in [0, 0.1) is 0 Å². The van der Waals surface area contributed by atoms with Crippen LogP contribution in [0.1, 0.15) is 25.6 Å². The third-order valence-electron chi connectivity index (χ3n) is 4.29. The fourth-order valence-electron chi connectivity index (χ4n) is 2.80. The normalized spacial score (nSPS) is 24.5. The third-order valence-corrected chi connectivity index (χ3v) is 4.29. The van der Waals surface area contributed by atoms with E-state index in [-0.39, 0.29) is 12.2 Å². The zero-order chi connectivity index (χ0) is 15.7. The molecule has 1 saturated heterocycles. The molecule has 3 atom stereocenters. The van der Waals surface area contributed by atoms with E-state index in [2.05, 4.69) is 25.5 Å². The maximum Gasteiger partial charge on any atom is 0.295 e. The molecule has 8 heteroatoms. The second-order valence-corrected chi connectivity index (χ2v) is 5.74. The highest BCUT2D eigenvalue weighted by atomic mass is 19.1. The van der Waals surface area contributed by atoms with Crippen LogP contribution in [-0.2, 0) is 11.3 Å². The Balaban J connectivity index is 1.89. The summed E-state index contributed by atoms with van der Waals surface area (Å²) in [5.41, 5.74) is 0.848. The van der Waals surface area contributed by atoms with Crippen molar-refractivity contribution in [2.45, 2.75) is 38.8 Å². The number of imidazole rings is 1. The summed E-state index contributed by atoms with van der Waals surface area (Å²) >= 11 is 0. The largest absolute Gasteiger partial charge is 0.468 e. The van der Waals surface area contributed by atoms with E-state index in [1.54, 1.807) is 24.9 Å². The minimum Gasteiger partial charge on any atom is -0.468 e. The van der Waals surface area contributed by atoms with Crippen molar-refractivity contribution in [2.24, 2.45) is 4.99 Å². The van der Waals surface area contributed by atoms with Gasteiger partial charge in [-0.2, -0.15) is 4.99 Å². The highest BCUT2D eigenvalue weighted by Gasteiger charge is 2.31. The number of alkyl halides is 1. The number of methoxy groups -OCH3 is 1. The van der Waals surface area contributed by atoms with Gasteiger partial charge in [0, 0.05) is 19.6 Å². The number of nitrogens with one attached hydrogen (secondary N) is 2. The molecule has 3 heterocycles. The molecule has 1 aromatic heterocycles. The molecule has 0 amide bonds. The second kappa shape index (κ2) is 6.21. The van der Waals surface area contributed by atoms with Gasteiger partial charge in [-0.15, -0.1) is 0 Å². The van der Waals surface area contributed by atoms with Crippen LogP contribution in [-0.4, -0.2) is 59.6 Å². The van der Waals surface area contributed by atoms with E-state index >= 15 is 0 Å². The molecule has 0 aromatic carbocycles. The van der Waals surface area contributed by atoms with E-state index < -0.39 is 6.17 Å². The average molecular weight is 310 g/mol. The Kier molecular flexibility index (Phi) is 4.30. The Morgan fingerprint density at radius 1 is 1.41 bits per heavy atom. The van der Waals surface area contributed by atoms with Crippen LogP contribution in [0.4, 0.5) is 10.2 Å². The molecule has 2 aliphatic rings. The fourth-order valence-corrected chi connectivity index (χ4v) is 2.80. The molecule has 2 aliphatic heterocycles. The Morgan fingerprint density at radius 2 is 2.23 bits per heavy atom. The summed E-state index contributed by atoms with van der Waals surface area (Å²) in [5.74, 6) is 0.689. The third kappa shape index (κ3) is 2.68. The van der Waals surface area contributed by atoms with Gasteiger partial charge in [-0.05, 0) is 13.8 Å². The number of aromatic nitrogens is 2. The van der Waals surface area contributed by atoms with E-state index in [0.29, 0.717) is 18.4 Å². The number of rotatable bonds is 3. The van der Waals surface area contributed by atoms with Gasteiger partial charge < -0.3 is 19.5 Å². The zero-order valence-electron chi connectivity index (χ0n) is 13.2. The Bertz CT molecular complexity index is 552. The first-order chi connectivity index (χ1) is 10.6. The van der Waals surface area contributed by atoms with Crippen LogP contribution in [0.2, 0.25) is 0 Å². The van der Waals surface area contributed by atoms with Gasteiger partial charge in [0.15, 0.2) is 5.82 Å². The van der Waals surface area contributed by atoms with Gasteiger partial charge in [-0.1, -0.05) is 0 Å². The van der Waals surface area contributed by atoms with Gasteiger partial charge in [0.2, 0.25) is 0 Å². The smallest absolute Gasteiger partial charge is 0.295 e. The predicted molar refractivity (Wildman–Crippen MR) is 81.8 cm³/mol. The van der Waals surface area contributed by atoms with Gasteiger partial charge >= 0.3 is 0 Å². The Morgan fingerprint density at radius 3 is 2.86 bits per heavy atom. The number of hydrogen-bond donors (Lipinski definition) is 2. The summed E-state index contributed by atoms with van der Waals surface area (Å²) in [4.78, 5) is 11.0. The molecular weight excluding hydrogens is 287 g/mol. The van der Waals surface area contributed by atoms with Gasteiger partial charge in [-0.3, -0.25) is 5.32 Å². The molecule has 1 aromatic rings. The first kappa shape index (κ1) is 15.2. The van der Waals surface area contributed by atoms with Crippen molar-refractivity contribution in [3.63, 3.8) is 0 Å². The molecule has 22 heavy (non-hydrogen) atoms. The van der Waals surface area contributed by atoms with Crippen molar-refractivity contribution in [2.75, 3.05) is 26.7 Å². The standard InChI is InChI=1S/C14H23FN6O/c1-9(15)10(2)21-8-18-11-7-20(12-6-16-4-5-17-12)14(22-3)19-13(11)21/h8-10,12,16-17H,4-7H2,1-3H3. The molecule has 122 valence electrons. The molecule has 0 bridgehead atoms. The predicted octanol–water partition coefficient (Wildman–Crippen LogP) is 0.771. The summed E-state index contributed by atoms with van der Waals surface area (Å²) in [5, 5.41) is 6.79. The summed E-state index contributed by atoms with van der Waals surface area (Å²) in [7, 11) is 1.61. The highest BCUT2D eigenvalue weighted by molar-refractivity contribution is 5.79. The second-order valence-electron chi connectivity index (χ2n) is 5.74. The monoisotopic (exact) mass is 310 g/mol. The average Bonchev–Trinajstić information content (AvgIpc) is 2.96. The molecule has 0 spiro atoms. The van der Waals surface area contributed by atoms with Crippen molar-refractivity contribution in [3.05, 3.63) is 12.0 Å². The lowest BCUT2D eigenvalue weighted by Gasteiger charge is -2.37. The first-order valence-corrected chi connectivity index (χ1v) is 7.65. The van der Waals surface area contributed by atoms with Crippen molar-refractivity contribution in [1.29, 1.82) is 0 Å². The van der Waals surface area contributed by atoms with E-state index in [1.165, 1.54) is 0 Å². The lowest BCUT2D eigenvalue weighted by atomic mass is 10.2. The molecule has 1 fully saturated rings. The number of amidine groups is 1. The zero-order valence-corrected chi connectivity index (χ0v) is 13.2. The fraction of sp³-hybridized carbons (Fsp3) is 0.714. The molecular formula is C14H23FN6O. The van der Waals surface area contributed by atoms with Crippen LogP contribution in [0.3, 0.4) is 0 Å². The lowest BCUT2D eigenvalue weighted by Crippen LogP contribution is -2.59. The minimum atomic E-state index is -0.971. The Labute approximate surface area is 129 Å². The number of aliphatic imine (C=N–C) groups is 1. The van der Waals surface area contributed by atoms with Crippen LogP contribution in [0.5, 0.6) is 0 Å². The van der Waals surface area contributed by atoms with Crippen molar-refractivity contribution in [3.8, 4) is 0 Å². The summed E-state index contributed by atoms with van der Waals surface area (Å²) in [6.07, 6.45) is 0.808. The number of ether oxygens (including phenoxy) is 1. The van der Waals surface area contributed by atoms with E-state index in [4.69, 9.17) is 4.74 Å². The van der Waals surface area contributed by atoms with Gasteiger partial charge in [0.05, 0.1) is 32.2 Å². The topological polar surface area (TPSA) is 66.7 Å². The first-order valence-electron chi connectivity index (χ1n) is 7.65. The number of halogens is 1. The molecule has 2 N–H and O–H groups in total. The Hall–Kier alpha value is -1.67. The molecule has 0 radical (unpaired) electrons.